The van der Waals surface area contributed by atoms with Crippen molar-refractivity contribution in [3.63, 3.8) is 0 Å². The second-order valence-electron chi connectivity index (χ2n) is 5.34. The molecule has 0 radical (unpaired) electrons. The monoisotopic (exact) mass is 215 g/mol. The molecule has 0 saturated heterocycles. The Kier molecular flexibility index (Phi) is 6.54. The highest BCUT2D eigenvalue weighted by molar-refractivity contribution is 6.16. The zero-order chi connectivity index (χ0) is 11.9. The molecule has 0 aliphatic rings. The molecule has 0 heterocycles. The summed E-state index contributed by atoms with van der Waals surface area (Å²) in [6.45, 7) is 22.2. The quantitative estimate of drug-likeness (QED) is 0.541. The van der Waals surface area contributed by atoms with Gasteiger partial charge in [-0.2, -0.15) is 0 Å². The van der Waals surface area contributed by atoms with Gasteiger partial charge in [0.25, 0.3) is 0 Å². The minimum atomic E-state index is 0.0417. The summed E-state index contributed by atoms with van der Waals surface area (Å²) in [4.78, 5) is 0. The molecular weight excluding hydrogens is 183 g/mol. The minimum absolute atomic E-state index is 0.0417. The number of hydrogen-bond acceptors (Lipinski definition) is 0. The van der Waals surface area contributed by atoms with Crippen LogP contribution in [0.4, 0.5) is 0 Å². The SMILES string of the molecule is CC[N+]([BH2-][N+](CC)(CC)CC)(CC)CC. The van der Waals surface area contributed by atoms with E-state index in [2.05, 4.69) is 41.5 Å². The van der Waals surface area contributed by atoms with Crippen LogP contribution < -0.4 is 0 Å². The predicted molar refractivity (Wildman–Crippen MR) is 72.3 cm³/mol. The second-order valence-corrected chi connectivity index (χ2v) is 5.34. The van der Waals surface area contributed by atoms with Crippen molar-refractivity contribution in [3.05, 3.63) is 0 Å². The number of nitrogens with zero attached hydrogens (tertiary/aromatic N) is 2. The minimum Gasteiger partial charge on any atom is -0.466 e. The van der Waals surface area contributed by atoms with Crippen LogP contribution >= 0.6 is 0 Å². The Morgan fingerprint density at radius 1 is 0.533 bits per heavy atom. The smallest absolute Gasteiger partial charge is 0.387 e. The molecule has 0 spiro atoms. The van der Waals surface area contributed by atoms with Gasteiger partial charge in [0.15, 0.2) is 0 Å². The van der Waals surface area contributed by atoms with Gasteiger partial charge in [-0.3, -0.25) is 0 Å². The lowest BCUT2D eigenvalue weighted by Gasteiger charge is -2.53. The maximum Gasteiger partial charge on any atom is 0.387 e. The van der Waals surface area contributed by atoms with Crippen LogP contribution in [0, 0.1) is 0 Å². The van der Waals surface area contributed by atoms with Crippen LogP contribution in [0.15, 0.2) is 0 Å². The van der Waals surface area contributed by atoms with Gasteiger partial charge in [-0.25, -0.2) is 0 Å². The van der Waals surface area contributed by atoms with Crippen LogP contribution in [-0.2, 0) is 0 Å². The van der Waals surface area contributed by atoms with E-state index in [1.807, 2.05) is 0 Å². The van der Waals surface area contributed by atoms with Crippen molar-refractivity contribution in [1.82, 2.24) is 0 Å². The van der Waals surface area contributed by atoms with E-state index in [-0.39, 0.29) is 7.55 Å². The van der Waals surface area contributed by atoms with Crippen molar-refractivity contribution in [2.45, 2.75) is 41.5 Å². The fourth-order valence-electron chi connectivity index (χ4n) is 3.09. The van der Waals surface area contributed by atoms with Gasteiger partial charge in [0.1, 0.15) is 0 Å². The topological polar surface area (TPSA) is 0 Å². The van der Waals surface area contributed by atoms with Crippen molar-refractivity contribution in [2.75, 3.05) is 39.3 Å². The molecule has 15 heavy (non-hydrogen) atoms. The van der Waals surface area contributed by atoms with Gasteiger partial charge in [0.2, 0.25) is 0 Å². The molecule has 0 aliphatic heterocycles. The molecule has 0 aromatic rings. The van der Waals surface area contributed by atoms with E-state index < -0.39 is 0 Å². The number of rotatable bonds is 8. The lowest BCUT2D eigenvalue weighted by atomic mass is 9.92. The molecule has 0 unspecified atom stereocenters. The molecular formula is C12H32BN2+. The fourth-order valence-corrected chi connectivity index (χ4v) is 3.09. The first-order valence-corrected chi connectivity index (χ1v) is 7.03. The summed E-state index contributed by atoms with van der Waals surface area (Å²) in [6, 6.07) is 0. The average Bonchev–Trinajstić information content (AvgIpc) is 2.33. The maximum absolute atomic E-state index is 2.37. The van der Waals surface area contributed by atoms with Crippen LogP contribution in [0.25, 0.3) is 0 Å². The third kappa shape index (κ3) is 3.49. The molecule has 0 aromatic carbocycles. The molecule has 0 bridgehead atoms. The zero-order valence-corrected chi connectivity index (χ0v) is 12.1. The number of quaternary nitrogens is 2. The van der Waals surface area contributed by atoms with E-state index in [0.29, 0.717) is 0 Å². The summed E-state index contributed by atoms with van der Waals surface area (Å²) >= 11 is 0. The first kappa shape index (κ1) is 15.0. The van der Waals surface area contributed by atoms with Gasteiger partial charge in [-0.15, -0.1) is 0 Å². The third-order valence-corrected chi connectivity index (χ3v) is 5.43. The summed E-state index contributed by atoms with van der Waals surface area (Å²) in [5.74, 6) is 0. The lowest BCUT2D eigenvalue weighted by Crippen LogP contribution is -2.65. The van der Waals surface area contributed by atoms with Crippen LogP contribution in [0.3, 0.4) is 0 Å². The lowest BCUT2D eigenvalue weighted by molar-refractivity contribution is -0.924. The van der Waals surface area contributed by atoms with Crippen LogP contribution in [-0.4, -0.2) is 55.6 Å². The Morgan fingerprint density at radius 2 is 0.733 bits per heavy atom. The van der Waals surface area contributed by atoms with Crippen molar-refractivity contribution in [3.8, 4) is 0 Å². The fraction of sp³-hybridized carbons (Fsp3) is 1.00. The summed E-state index contributed by atoms with van der Waals surface area (Å²) in [5, 5.41) is 0. The van der Waals surface area contributed by atoms with E-state index >= 15 is 0 Å². The molecule has 92 valence electrons. The molecule has 3 heteroatoms. The average molecular weight is 215 g/mol. The summed E-state index contributed by atoms with van der Waals surface area (Å²) in [6.07, 6.45) is 0. The number of hydrogen-bond donors (Lipinski definition) is 0. The molecule has 0 atom stereocenters. The Labute approximate surface area is 97.7 Å². The Morgan fingerprint density at radius 3 is 0.867 bits per heavy atom. The van der Waals surface area contributed by atoms with Crippen LogP contribution in [0.5, 0.6) is 0 Å². The van der Waals surface area contributed by atoms with Gasteiger partial charge in [-0.05, 0) is 41.5 Å². The molecule has 0 aromatic heterocycles. The summed E-state index contributed by atoms with van der Waals surface area (Å²) in [5.41, 5.74) is 0. The highest BCUT2D eigenvalue weighted by Crippen LogP contribution is 2.13. The highest BCUT2D eigenvalue weighted by Gasteiger charge is 2.28. The predicted octanol–water partition coefficient (Wildman–Crippen LogP) is 1.74. The molecule has 0 fully saturated rings. The molecule has 0 rings (SSSR count). The first-order chi connectivity index (χ1) is 7.07. The third-order valence-electron chi connectivity index (χ3n) is 5.43. The van der Waals surface area contributed by atoms with Crippen molar-refractivity contribution in [2.24, 2.45) is 0 Å². The van der Waals surface area contributed by atoms with Crippen molar-refractivity contribution < 1.29 is 8.79 Å². The van der Waals surface area contributed by atoms with Gasteiger partial charge in [0.05, 0.1) is 0 Å². The van der Waals surface area contributed by atoms with E-state index in [1.165, 1.54) is 48.1 Å². The van der Waals surface area contributed by atoms with E-state index in [1.54, 1.807) is 0 Å². The van der Waals surface area contributed by atoms with Gasteiger partial charge in [-0.1, -0.05) is 0 Å². The Hall–Kier alpha value is -0.0151. The highest BCUT2D eigenvalue weighted by atomic mass is 15.4. The Bertz CT molecular complexity index is 128. The van der Waals surface area contributed by atoms with E-state index in [0.717, 1.165) is 0 Å². The molecule has 2 nitrogen and oxygen atoms in total. The van der Waals surface area contributed by atoms with Crippen LogP contribution in [0.1, 0.15) is 41.5 Å². The van der Waals surface area contributed by atoms with Gasteiger partial charge >= 0.3 is 7.55 Å². The van der Waals surface area contributed by atoms with Crippen LogP contribution in [0.2, 0.25) is 0 Å². The summed E-state index contributed by atoms with van der Waals surface area (Å²) in [7, 11) is 0.0417. The first-order valence-electron chi connectivity index (χ1n) is 7.03. The van der Waals surface area contributed by atoms with E-state index in [4.69, 9.17) is 0 Å². The summed E-state index contributed by atoms with van der Waals surface area (Å²) < 4.78 is 2.80. The van der Waals surface area contributed by atoms with Gasteiger partial charge in [0, 0.05) is 39.3 Å². The standard InChI is InChI=1S/C12H32BN2/c1-7-14(8-2,9-3)13-15(10-4,11-5)12-6/h7-13H2,1-6H3/q+1. The second kappa shape index (κ2) is 6.54. The zero-order valence-electron chi connectivity index (χ0n) is 12.1. The van der Waals surface area contributed by atoms with Crippen molar-refractivity contribution in [1.29, 1.82) is 0 Å². The molecule has 0 saturated carbocycles. The largest absolute Gasteiger partial charge is 0.466 e. The van der Waals surface area contributed by atoms with E-state index in [9.17, 15) is 0 Å². The van der Waals surface area contributed by atoms with Gasteiger partial charge < -0.3 is 8.79 Å². The van der Waals surface area contributed by atoms with Crippen molar-refractivity contribution >= 4 is 7.55 Å². The molecule has 0 N–H and O–H groups in total. The maximum atomic E-state index is 2.37. The normalized spacial score (nSPS) is 13.2. The molecule has 0 amide bonds. The molecule has 0 aliphatic carbocycles. The Balaban J connectivity index is 4.74.